The van der Waals surface area contributed by atoms with Crippen molar-refractivity contribution in [3.8, 4) is 11.8 Å². The number of nitriles is 1. The molecular formula is C14H16N2O4. The van der Waals surface area contributed by atoms with Gasteiger partial charge in [-0.15, -0.1) is 0 Å². The highest BCUT2D eigenvalue weighted by Crippen LogP contribution is 2.11. The molecule has 20 heavy (non-hydrogen) atoms. The molecule has 0 bridgehead atoms. The fourth-order valence-corrected chi connectivity index (χ4v) is 1.47. The molecule has 1 aromatic rings. The number of carbonyl (C=O) groups is 2. The van der Waals surface area contributed by atoms with Crippen LogP contribution in [0.15, 0.2) is 24.3 Å². The maximum Gasteiger partial charge on any atom is 0.303 e. The molecule has 0 aliphatic heterocycles. The molecule has 6 heteroatoms. The van der Waals surface area contributed by atoms with Crippen LogP contribution >= 0.6 is 0 Å². The van der Waals surface area contributed by atoms with E-state index in [4.69, 9.17) is 15.1 Å². The van der Waals surface area contributed by atoms with Gasteiger partial charge in [0.05, 0.1) is 11.6 Å². The molecule has 0 saturated carbocycles. The highest BCUT2D eigenvalue weighted by atomic mass is 16.5. The van der Waals surface area contributed by atoms with Crippen molar-refractivity contribution in [3.05, 3.63) is 29.8 Å². The molecule has 0 spiro atoms. The fraction of sp³-hybridized carbons (Fsp3) is 0.357. The third kappa shape index (κ3) is 5.40. The number of hydrogen-bond donors (Lipinski definition) is 1. The maximum atomic E-state index is 11.7. The molecule has 0 aliphatic carbocycles. The molecule has 0 saturated heterocycles. The molecule has 0 unspecified atom stereocenters. The van der Waals surface area contributed by atoms with Crippen LogP contribution in [0.3, 0.4) is 0 Å². The first-order valence-electron chi connectivity index (χ1n) is 6.11. The van der Waals surface area contributed by atoms with E-state index in [2.05, 4.69) is 0 Å². The van der Waals surface area contributed by atoms with Gasteiger partial charge in [-0.2, -0.15) is 5.26 Å². The van der Waals surface area contributed by atoms with E-state index in [0.717, 1.165) is 0 Å². The Balaban J connectivity index is 2.34. The minimum absolute atomic E-state index is 0.0358. The average molecular weight is 276 g/mol. The maximum absolute atomic E-state index is 11.7. The smallest absolute Gasteiger partial charge is 0.303 e. The van der Waals surface area contributed by atoms with Crippen LogP contribution in [0.2, 0.25) is 0 Å². The van der Waals surface area contributed by atoms with E-state index >= 15 is 0 Å². The molecule has 106 valence electrons. The molecule has 1 amide bonds. The van der Waals surface area contributed by atoms with E-state index in [1.165, 1.54) is 4.90 Å². The normalized spacial score (nSPS) is 9.60. The van der Waals surface area contributed by atoms with Gasteiger partial charge in [0.25, 0.3) is 5.91 Å². The van der Waals surface area contributed by atoms with Gasteiger partial charge in [-0.1, -0.05) is 0 Å². The number of amides is 1. The summed E-state index contributed by atoms with van der Waals surface area (Å²) in [4.78, 5) is 23.5. The predicted octanol–water partition coefficient (Wildman–Crippen LogP) is 1.26. The number of ether oxygens (including phenoxy) is 1. The number of aliphatic carboxylic acids is 1. The zero-order valence-electron chi connectivity index (χ0n) is 11.2. The summed E-state index contributed by atoms with van der Waals surface area (Å²) in [6, 6.07) is 8.45. The summed E-state index contributed by atoms with van der Waals surface area (Å²) in [7, 11) is 1.60. The lowest BCUT2D eigenvalue weighted by atomic mass is 10.2. The molecular weight excluding hydrogens is 260 g/mol. The standard InChI is InChI=1S/C14H16N2O4/c1-16(8-2-3-14(18)19)13(17)10-20-12-6-4-11(9-15)5-7-12/h4-7H,2-3,8,10H2,1H3,(H,18,19). The van der Waals surface area contributed by atoms with Crippen LogP contribution in [0.25, 0.3) is 0 Å². The largest absolute Gasteiger partial charge is 0.484 e. The third-order valence-corrected chi connectivity index (χ3v) is 2.66. The monoisotopic (exact) mass is 276 g/mol. The Bertz CT molecular complexity index is 505. The van der Waals surface area contributed by atoms with Crippen molar-refractivity contribution in [1.29, 1.82) is 5.26 Å². The van der Waals surface area contributed by atoms with Gasteiger partial charge >= 0.3 is 5.97 Å². The molecule has 1 N–H and O–H groups in total. The Labute approximate surface area is 117 Å². The third-order valence-electron chi connectivity index (χ3n) is 2.66. The van der Waals surface area contributed by atoms with Gasteiger partial charge in [0.1, 0.15) is 5.75 Å². The van der Waals surface area contributed by atoms with Gasteiger partial charge in [-0.05, 0) is 30.7 Å². The zero-order chi connectivity index (χ0) is 15.0. The van der Waals surface area contributed by atoms with Crippen molar-refractivity contribution in [2.24, 2.45) is 0 Å². The minimum atomic E-state index is -0.875. The van der Waals surface area contributed by atoms with Crippen molar-refractivity contribution in [1.82, 2.24) is 4.90 Å². The van der Waals surface area contributed by atoms with Gasteiger partial charge in [-0.25, -0.2) is 0 Å². The number of nitrogens with zero attached hydrogens (tertiary/aromatic N) is 2. The molecule has 0 atom stereocenters. The second kappa shape index (κ2) is 7.79. The van der Waals surface area contributed by atoms with Gasteiger partial charge in [-0.3, -0.25) is 9.59 Å². The summed E-state index contributed by atoms with van der Waals surface area (Å²) >= 11 is 0. The Hall–Kier alpha value is -2.55. The SMILES string of the molecule is CN(CCCC(=O)O)C(=O)COc1ccc(C#N)cc1. The topological polar surface area (TPSA) is 90.6 Å². The number of carbonyl (C=O) groups excluding carboxylic acids is 1. The minimum Gasteiger partial charge on any atom is -0.484 e. The molecule has 1 aromatic carbocycles. The van der Waals surface area contributed by atoms with Gasteiger partial charge in [0, 0.05) is 20.0 Å². The molecule has 1 rings (SSSR count). The van der Waals surface area contributed by atoms with Crippen LogP contribution in [-0.4, -0.2) is 42.1 Å². The Morgan fingerprint density at radius 2 is 2.00 bits per heavy atom. The molecule has 0 aromatic heterocycles. The van der Waals surface area contributed by atoms with Gasteiger partial charge in [0.15, 0.2) is 6.61 Å². The summed E-state index contributed by atoms with van der Waals surface area (Å²) < 4.78 is 5.30. The number of carboxylic acid groups (broad SMARTS) is 1. The summed E-state index contributed by atoms with van der Waals surface area (Å²) in [5.41, 5.74) is 0.523. The summed E-state index contributed by atoms with van der Waals surface area (Å²) in [5, 5.41) is 17.2. The number of rotatable bonds is 7. The first kappa shape index (κ1) is 15.5. The first-order valence-corrected chi connectivity index (χ1v) is 6.11. The van der Waals surface area contributed by atoms with Crippen LogP contribution in [0.5, 0.6) is 5.75 Å². The van der Waals surface area contributed by atoms with Crippen LogP contribution in [0.1, 0.15) is 18.4 Å². The first-order chi connectivity index (χ1) is 9.52. The van der Waals surface area contributed by atoms with Gasteiger partial charge in [0.2, 0.25) is 0 Å². The predicted molar refractivity (Wildman–Crippen MR) is 71.2 cm³/mol. The molecule has 0 heterocycles. The number of carboxylic acids is 1. The fourth-order valence-electron chi connectivity index (χ4n) is 1.47. The van der Waals surface area contributed by atoms with E-state index < -0.39 is 5.97 Å². The second-order valence-corrected chi connectivity index (χ2v) is 4.24. The lowest BCUT2D eigenvalue weighted by Crippen LogP contribution is -2.32. The summed E-state index contributed by atoms with van der Waals surface area (Å²) in [6.07, 6.45) is 0.447. The molecule has 6 nitrogen and oxygen atoms in total. The van der Waals surface area contributed by atoms with E-state index in [-0.39, 0.29) is 18.9 Å². The molecule has 0 radical (unpaired) electrons. The van der Waals surface area contributed by atoms with Crippen LogP contribution in [0, 0.1) is 11.3 Å². The lowest BCUT2D eigenvalue weighted by Gasteiger charge is -2.16. The second-order valence-electron chi connectivity index (χ2n) is 4.24. The Morgan fingerprint density at radius 1 is 1.35 bits per heavy atom. The Morgan fingerprint density at radius 3 is 2.55 bits per heavy atom. The van der Waals surface area contributed by atoms with E-state index in [1.54, 1.807) is 31.3 Å². The van der Waals surface area contributed by atoms with Crippen molar-refractivity contribution >= 4 is 11.9 Å². The van der Waals surface area contributed by atoms with Crippen molar-refractivity contribution < 1.29 is 19.4 Å². The van der Waals surface area contributed by atoms with Crippen molar-refractivity contribution in [3.63, 3.8) is 0 Å². The van der Waals surface area contributed by atoms with Gasteiger partial charge < -0.3 is 14.7 Å². The van der Waals surface area contributed by atoms with Crippen molar-refractivity contribution in [2.75, 3.05) is 20.2 Å². The van der Waals surface area contributed by atoms with E-state index in [1.807, 2.05) is 6.07 Å². The quantitative estimate of drug-likeness (QED) is 0.809. The average Bonchev–Trinajstić information content (AvgIpc) is 2.44. The zero-order valence-corrected chi connectivity index (χ0v) is 11.2. The Kier molecular flexibility index (Phi) is 6.04. The lowest BCUT2D eigenvalue weighted by molar-refractivity contribution is -0.138. The highest BCUT2D eigenvalue weighted by molar-refractivity contribution is 5.77. The number of hydrogen-bond acceptors (Lipinski definition) is 4. The van der Waals surface area contributed by atoms with E-state index in [0.29, 0.717) is 24.3 Å². The summed E-state index contributed by atoms with van der Waals surface area (Å²) in [6.45, 7) is 0.261. The number of benzene rings is 1. The van der Waals surface area contributed by atoms with E-state index in [9.17, 15) is 9.59 Å². The van der Waals surface area contributed by atoms with Crippen LogP contribution in [-0.2, 0) is 9.59 Å². The highest BCUT2D eigenvalue weighted by Gasteiger charge is 2.10. The van der Waals surface area contributed by atoms with Crippen molar-refractivity contribution in [2.45, 2.75) is 12.8 Å². The molecule has 0 fully saturated rings. The van der Waals surface area contributed by atoms with Crippen LogP contribution < -0.4 is 4.74 Å². The summed E-state index contributed by atoms with van der Waals surface area (Å²) in [5.74, 6) is -0.587. The van der Waals surface area contributed by atoms with Crippen LogP contribution in [0.4, 0.5) is 0 Å². The molecule has 0 aliphatic rings. The number of likely N-dealkylation sites (N-methyl/N-ethyl adjacent to an activating group) is 1.